The second-order valence-electron chi connectivity index (χ2n) is 6.27. The quantitative estimate of drug-likeness (QED) is 0.479. The van der Waals surface area contributed by atoms with Crippen LogP contribution in [0.25, 0.3) is 21.8 Å². The molecule has 2 heterocycles. The number of aliphatic hydroxyl groups excluding tert-OH is 1. The van der Waals surface area contributed by atoms with E-state index in [0.29, 0.717) is 30.0 Å². The van der Waals surface area contributed by atoms with Crippen LogP contribution >= 0.6 is 22.9 Å². The predicted molar refractivity (Wildman–Crippen MR) is 113 cm³/mol. The smallest absolute Gasteiger partial charge is 0.223 e. The van der Waals surface area contributed by atoms with Gasteiger partial charge in [0.05, 0.1) is 16.3 Å². The van der Waals surface area contributed by atoms with Crippen molar-refractivity contribution < 1.29 is 5.11 Å². The highest BCUT2D eigenvalue weighted by molar-refractivity contribution is 7.18. The van der Waals surface area contributed by atoms with Crippen LogP contribution in [0, 0.1) is 0 Å². The van der Waals surface area contributed by atoms with E-state index in [1.807, 2.05) is 36.5 Å². The van der Waals surface area contributed by atoms with Gasteiger partial charge < -0.3 is 15.7 Å². The van der Waals surface area contributed by atoms with Crippen LogP contribution in [0.4, 0.5) is 11.1 Å². The van der Waals surface area contributed by atoms with Crippen molar-refractivity contribution in [1.29, 1.82) is 0 Å². The average Bonchev–Trinajstić information content (AvgIpc) is 3.10. The second-order valence-corrected chi connectivity index (χ2v) is 7.71. The highest BCUT2D eigenvalue weighted by Gasteiger charge is 2.13. The van der Waals surface area contributed by atoms with E-state index in [1.165, 1.54) is 0 Å². The van der Waals surface area contributed by atoms with Gasteiger partial charge in [0.2, 0.25) is 5.95 Å². The summed E-state index contributed by atoms with van der Waals surface area (Å²) in [5, 5.41) is 17.0. The standard InChI is InChI=1S/C19H22ClN5OS/c1-12(2)23-19-22-11-17(27-19)16-10-15(13-6-3-4-7-14(13)20)24-18(25-16)21-8-5-9-26/h3-4,6-7,10-12,26H,5,8-9H2,1-2H3,(H,22,23)(H,21,24,25). The summed E-state index contributed by atoms with van der Waals surface area (Å²) in [6.07, 6.45) is 2.43. The van der Waals surface area contributed by atoms with Gasteiger partial charge in [-0.15, -0.1) is 0 Å². The van der Waals surface area contributed by atoms with Gasteiger partial charge in [-0.25, -0.2) is 15.0 Å². The zero-order valence-corrected chi connectivity index (χ0v) is 16.8. The lowest BCUT2D eigenvalue weighted by atomic mass is 10.1. The minimum Gasteiger partial charge on any atom is -0.396 e. The van der Waals surface area contributed by atoms with Gasteiger partial charge in [0.25, 0.3) is 0 Å². The van der Waals surface area contributed by atoms with Crippen molar-refractivity contribution in [2.45, 2.75) is 26.3 Å². The van der Waals surface area contributed by atoms with Crippen molar-refractivity contribution in [3.63, 3.8) is 0 Å². The fourth-order valence-corrected chi connectivity index (χ4v) is 3.60. The number of thiazole rings is 1. The maximum Gasteiger partial charge on any atom is 0.223 e. The SMILES string of the molecule is CC(C)Nc1ncc(-c2cc(-c3ccccc3Cl)nc(NCCCO)n2)s1. The van der Waals surface area contributed by atoms with E-state index in [2.05, 4.69) is 39.4 Å². The number of rotatable bonds is 8. The molecule has 3 N–H and O–H groups in total. The Balaban J connectivity index is 1.99. The van der Waals surface area contributed by atoms with Gasteiger partial charge >= 0.3 is 0 Å². The molecule has 0 saturated heterocycles. The lowest BCUT2D eigenvalue weighted by molar-refractivity contribution is 0.292. The maximum atomic E-state index is 9.01. The summed E-state index contributed by atoms with van der Waals surface area (Å²) in [5.74, 6) is 0.502. The van der Waals surface area contributed by atoms with E-state index in [9.17, 15) is 0 Å². The van der Waals surface area contributed by atoms with E-state index in [-0.39, 0.29) is 6.61 Å². The average molecular weight is 404 g/mol. The molecule has 6 nitrogen and oxygen atoms in total. The Labute approximate surface area is 167 Å². The maximum absolute atomic E-state index is 9.01. The zero-order chi connectivity index (χ0) is 19.2. The van der Waals surface area contributed by atoms with Gasteiger partial charge in [-0.3, -0.25) is 0 Å². The van der Waals surface area contributed by atoms with Crippen LogP contribution in [0.5, 0.6) is 0 Å². The van der Waals surface area contributed by atoms with Crippen LogP contribution in [0.2, 0.25) is 5.02 Å². The zero-order valence-electron chi connectivity index (χ0n) is 15.2. The van der Waals surface area contributed by atoms with Crippen molar-refractivity contribution in [3.05, 3.63) is 41.6 Å². The van der Waals surface area contributed by atoms with Crippen LogP contribution in [-0.4, -0.2) is 39.3 Å². The molecule has 0 saturated carbocycles. The third kappa shape index (κ3) is 5.15. The van der Waals surface area contributed by atoms with Crippen LogP contribution in [0.15, 0.2) is 36.5 Å². The number of hydrogen-bond acceptors (Lipinski definition) is 7. The molecule has 1 aromatic carbocycles. The molecule has 8 heteroatoms. The molecule has 0 aliphatic rings. The second kappa shape index (κ2) is 9.12. The summed E-state index contributed by atoms with van der Waals surface area (Å²) in [6, 6.07) is 9.83. The Morgan fingerprint density at radius 1 is 1.19 bits per heavy atom. The molecule has 0 radical (unpaired) electrons. The van der Waals surface area contributed by atoms with E-state index in [1.54, 1.807) is 11.3 Å². The number of halogens is 1. The minimum atomic E-state index is 0.114. The molecule has 27 heavy (non-hydrogen) atoms. The summed E-state index contributed by atoms with van der Waals surface area (Å²) >= 11 is 7.91. The van der Waals surface area contributed by atoms with E-state index < -0.39 is 0 Å². The molecule has 0 unspecified atom stereocenters. The Hall–Kier alpha value is -2.22. The number of aliphatic hydroxyl groups is 1. The van der Waals surface area contributed by atoms with Crippen LogP contribution in [-0.2, 0) is 0 Å². The molecule has 0 aliphatic carbocycles. The summed E-state index contributed by atoms with van der Waals surface area (Å²) in [5.41, 5.74) is 2.36. The largest absolute Gasteiger partial charge is 0.396 e. The first-order chi connectivity index (χ1) is 13.1. The lowest BCUT2D eigenvalue weighted by Gasteiger charge is -2.10. The van der Waals surface area contributed by atoms with Gasteiger partial charge in [0.15, 0.2) is 5.13 Å². The molecule has 0 bridgehead atoms. The molecule has 2 aromatic heterocycles. The monoisotopic (exact) mass is 403 g/mol. The normalized spacial score (nSPS) is 11.0. The Bertz CT molecular complexity index is 899. The van der Waals surface area contributed by atoms with Crippen molar-refractivity contribution >= 4 is 34.0 Å². The number of aromatic nitrogens is 3. The number of nitrogens with zero attached hydrogens (tertiary/aromatic N) is 3. The molecular formula is C19H22ClN5OS. The fraction of sp³-hybridized carbons (Fsp3) is 0.316. The van der Waals surface area contributed by atoms with Gasteiger partial charge in [0.1, 0.15) is 0 Å². The van der Waals surface area contributed by atoms with Crippen molar-refractivity contribution in [2.75, 3.05) is 23.8 Å². The van der Waals surface area contributed by atoms with Gasteiger partial charge in [0, 0.05) is 36.0 Å². The summed E-state index contributed by atoms with van der Waals surface area (Å²) < 4.78 is 0. The van der Waals surface area contributed by atoms with Crippen LogP contribution < -0.4 is 10.6 Å². The first kappa shape index (κ1) is 19.5. The van der Waals surface area contributed by atoms with Crippen LogP contribution in [0.1, 0.15) is 20.3 Å². The molecule has 0 fully saturated rings. The molecule has 0 atom stereocenters. The number of hydrogen-bond donors (Lipinski definition) is 3. The minimum absolute atomic E-state index is 0.114. The molecular weight excluding hydrogens is 382 g/mol. The topological polar surface area (TPSA) is 83.0 Å². The Morgan fingerprint density at radius 3 is 2.70 bits per heavy atom. The number of nitrogens with one attached hydrogen (secondary N) is 2. The molecule has 3 rings (SSSR count). The van der Waals surface area contributed by atoms with Crippen molar-refractivity contribution in [1.82, 2.24) is 15.0 Å². The highest BCUT2D eigenvalue weighted by atomic mass is 35.5. The molecule has 142 valence electrons. The van der Waals surface area contributed by atoms with Crippen molar-refractivity contribution in [3.8, 4) is 21.8 Å². The molecule has 0 aliphatic heterocycles. The Morgan fingerprint density at radius 2 is 1.96 bits per heavy atom. The number of anilines is 2. The summed E-state index contributed by atoms with van der Waals surface area (Å²) in [7, 11) is 0. The first-order valence-corrected chi connectivity index (χ1v) is 9.97. The van der Waals surface area contributed by atoms with Gasteiger partial charge in [-0.1, -0.05) is 41.1 Å². The van der Waals surface area contributed by atoms with Gasteiger partial charge in [-0.05, 0) is 32.4 Å². The molecule has 3 aromatic rings. The molecule has 0 spiro atoms. The summed E-state index contributed by atoms with van der Waals surface area (Å²) in [6.45, 7) is 4.85. The lowest BCUT2D eigenvalue weighted by Crippen LogP contribution is -2.08. The van der Waals surface area contributed by atoms with E-state index >= 15 is 0 Å². The molecule has 0 amide bonds. The third-order valence-corrected chi connectivity index (χ3v) is 4.94. The third-order valence-electron chi connectivity index (χ3n) is 3.66. The van der Waals surface area contributed by atoms with Crippen molar-refractivity contribution in [2.24, 2.45) is 0 Å². The predicted octanol–water partition coefficient (Wildman–Crippen LogP) is 4.54. The highest BCUT2D eigenvalue weighted by Crippen LogP contribution is 2.33. The summed E-state index contributed by atoms with van der Waals surface area (Å²) in [4.78, 5) is 14.6. The van der Waals surface area contributed by atoms with Crippen LogP contribution in [0.3, 0.4) is 0 Å². The van der Waals surface area contributed by atoms with Gasteiger partial charge in [-0.2, -0.15) is 0 Å². The first-order valence-electron chi connectivity index (χ1n) is 8.78. The Kier molecular flexibility index (Phi) is 6.60. The van der Waals surface area contributed by atoms with E-state index in [0.717, 1.165) is 27.0 Å². The van der Waals surface area contributed by atoms with E-state index in [4.69, 9.17) is 16.7 Å². The number of benzene rings is 1. The fourth-order valence-electron chi connectivity index (χ4n) is 2.44.